The second-order valence-corrected chi connectivity index (χ2v) is 14.1. The fourth-order valence-corrected chi connectivity index (χ4v) is 6.78. The third kappa shape index (κ3) is 10.6. The number of nitrogens with zero attached hydrogens (tertiary/aromatic N) is 6. The van der Waals surface area contributed by atoms with Crippen molar-refractivity contribution in [3.05, 3.63) is 131 Å². The van der Waals surface area contributed by atoms with E-state index in [0.717, 1.165) is 45.5 Å². The maximum atomic E-state index is 14.5. The molecule has 5 aromatic rings. The summed E-state index contributed by atoms with van der Waals surface area (Å²) in [4.78, 5) is 47.7. The van der Waals surface area contributed by atoms with Crippen LogP contribution in [0.25, 0.3) is 17.1 Å². The van der Waals surface area contributed by atoms with Crippen LogP contribution in [0, 0.1) is 0 Å². The van der Waals surface area contributed by atoms with Crippen molar-refractivity contribution in [3.63, 3.8) is 0 Å². The minimum absolute atomic E-state index is 0.0517. The molecule has 0 radical (unpaired) electrons. The first kappa shape index (κ1) is 40.6. The van der Waals surface area contributed by atoms with E-state index in [2.05, 4.69) is 20.3 Å². The van der Waals surface area contributed by atoms with Gasteiger partial charge in [-0.3, -0.25) is 14.4 Å². The molecule has 0 aliphatic carbocycles. The standard InChI is InChI=1S/C43H46F3N7O4/c1-30(35-14-19-38-39(28-35)48-49-47-38)57-26-25-50(3)42(56)40(27-33-7-5-4-6-8-33)53(41(55)20-13-32-9-15-36(16-10-32)43(44,45)46)29-34-11-17-37(18-12-34)52-23-21-51(22-24-52)31(2)54/h4-20,28,30,40H,21-27,29H2,1-3H3,(H,47,48,49)/t30-,40?/m0/s1. The van der Waals surface area contributed by atoms with Gasteiger partial charge < -0.3 is 24.3 Å². The molecule has 57 heavy (non-hydrogen) atoms. The van der Waals surface area contributed by atoms with Crippen LogP contribution in [0.2, 0.25) is 0 Å². The van der Waals surface area contributed by atoms with Crippen molar-refractivity contribution in [2.45, 2.75) is 45.1 Å². The van der Waals surface area contributed by atoms with Crippen LogP contribution in [0.15, 0.2) is 103 Å². The molecular weight excluding hydrogens is 736 g/mol. The van der Waals surface area contributed by atoms with Crippen molar-refractivity contribution in [3.8, 4) is 0 Å². The number of carbonyl (C=O) groups excluding carboxylic acids is 3. The Morgan fingerprint density at radius 2 is 1.56 bits per heavy atom. The SMILES string of the molecule is CC(=O)N1CCN(c2ccc(CN(C(=O)C=Cc3ccc(C(F)(F)F)cc3)C(Cc3ccccc3)C(=O)N(C)CCO[C@@H](C)c3ccc4n[nH]nc4c3)cc2)CC1. The van der Waals surface area contributed by atoms with Gasteiger partial charge in [0.05, 0.1) is 18.3 Å². The molecule has 3 amide bonds. The Hall–Kier alpha value is -6.02. The maximum absolute atomic E-state index is 14.5. The number of nitrogens with one attached hydrogen (secondary N) is 1. The average molecular weight is 782 g/mol. The predicted molar refractivity (Wildman–Crippen MR) is 212 cm³/mol. The van der Waals surface area contributed by atoms with Crippen molar-refractivity contribution in [1.29, 1.82) is 0 Å². The summed E-state index contributed by atoms with van der Waals surface area (Å²) >= 11 is 0. The van der Waals surface area contributed by atoms with Crippen LogP contribution in [-0.4, -0.2) is 100 Å². The number of ether oxygens (including phenoxy) is 1. The Bertz CT molecular complexity index is 2150. The summed E-state index contributed by atoms with van der Waals surface area (Å²) in [6, 6.07) is 26.5. The number of piperazine rings is 1. The summed E-state index contributed by atoms with van der Waals surface area (Å²) in [6.45, 7) is 6.69. The number of H-pyrrole nitrogens is 1. The third-order valence-corrected chi connectivity index (χ3v) is 10.2. The number of likely N-dealkylation sites (N-methyl/N-ethyl adjacent to an activating group) is 1. The zero-order valence-corrected chi connectivity index (χ0v) is 32.2. The quantitative estimate of drug-likeness (QED) is 0.128. The summed E-state index contributed by atoms with van der Waals surface area (Å²) in [7, 11) is 1.68. The first-order chi connectivity index (χ1) is 27.4. The molecule has 11 nitrogen and oxygen atoms in total. The van der Waals surface area contributed by atoms with Crippen molar-refractivity contribution < 1.29 is 32.3 Å². The van der Waals surface area contributed by atoms with Crippen LogP contribution in [-0.2, 0) is 38.3 Å². The van der Waals surface area contributed by atoms with E-state index in [-0.39, 0.29) is 44.0 Å². The molecule has 1 N–H and O–H groups in total. The Morgan fingerprint density at radius 1 is 0.877 bits per heavy atom. The Labute approximate surface area is 329 Å². The molecule has 1 aromatic heterocycles. The third-order valence-electron chi connectivity index (χ3n) is 10.2. The molecule has 0 bridgehead atoms. The van der Waals surface area contributed by atoms with Gasteiger partial charge in [-0.15, -0.1) is 0 Å². The molecule has 1 aliphatic rings. The molecule has 14 heteroatoms. The van der Waals surface area contributed by atoms with Gasteiger partial charge in [-0.25, -0.2) is 0 Å². The van der Waals surface area contributed by atoms with Crippen LogP contribution >= 0.6 is 0 Å². The minimum atomic E-state index is -4.49. The Morgan fingerprint density at radius 3 is 2.23 bits per heavy atom. The Balaban J connectivity index is 1.23. The summed E-state index contributed by atoms with van der Waals surface area (Å²) in [6.07, 6.45) is -1.80. The average Bonchev–Trinajstić information content (AvgIpc) is 3.70. The molecule has 1 fully saturated rings. The lowest BCUT2D eigenvalue weighted by atomic mass is 10.0. The highest BCUT2D eigenvalue weighted by Crippen LogP contribution is 2.29. The summed E-state index contributed by atoms with van der Waals surface area (Å²) in [5, 5.41) is 10.8. The molecule has 0 spiro atoms. The van der Waals surface area contributed by atoms with Gasteiger partial charge in [0.2, 0.25) is 17.7 Å². The van der Waals surface area contributed by atoms with Crippen LogP contribution in [0.3, 0.4) is 0 Å². The number of aromatic nitrogens is 3. The van der Waals surface area contributed by atoms with E-state index in [1.54, 1.807) is 18.9 Å². The monoisotopic (exact) mass is 781 g/mol. The molecule has 4 aromatic carbocycles. The van der Waals surface area contributed by atoms with E-state index in [4.69, 9.17) is 4.74 Å². The Kier molecular flexibility index (Phi) is 13.0. The summed E-state index contributed by atoms with van der Waals surface area (Å²) in [5.41, 5.74) is 4.61. The molecule has 2 atom stereocenters. The normalized spacial score (nSPS) is 14.5. The zero-order chi connectivity index (χ0) is 40.5. The van der Waals surface area contributed by atoms with Gasteiger partial charge in [0.15, 0.2) is 0 Å². The fourth-order valence-electron chi connectivity index (χ4n) is 6.78. The van der Waals surface area contributed by atoms with Gasteiger partial charge in [-0.2, -0.15) is 28.6 Å². The number of rotatable bonds is 14. The zero-order valence-electron chi connectivity index (χ0n) is 32.2. The maximum Gasteiger partial charge on any atom is 0.416 e. The number of alkyl halides is 3. The van der Waals surface area contributed by atoms with Gasteiger partial charge >= 0.3 is 6.18 Å². The second kappa shape index (κ2) is 18.3. The number of anilines is 1. The minimum Gasteiger partial charge on any atom is -0.372 e. The lowest BCUT2D eigenvalue weighted by Gasteiger charge is -2.36. The van der Waals surface area contributed by atoms with Crippen LogP contribution < -0.4 is 4.90 Å². The molecule has 1 aliphatic heterocycles. The van der Waals surface area contributed by atoms with Crippen molar-refractivity contribution in [1.82, 2.24) is 30.1 Å². The highest BCUT2D eigenvalue weighted by Gasteiger charge is 2.32. The number of benzene rings is 4. The lowest BCUT2D eigenvalue weighted by molar-refractivity contribution is -0.143. The number of fused-ring (bicyclic) bond motifs is 1. The van der Waals surface area contributed by atoms with Gasteiger partial charge in [0.25, 0.3) is 0 Å². The largest absolute Gasteiger partial charge is 0.416 e. The van der Waals surface area contributed by atoms with Crippen molar-refractivity contribution >= 4 is 40.5 Å². The molecule has 6 rings (SSSR count). The number of carbonyl (C=O) groups is 3. The van der Waals surface area contributed by atoms with E-state index in [0.29, 0.717) is 31.7 Å². The van der Waals surface area contributed by atoms with Crippen LogP contribution in [0.5, 0.6) is 0 Å². The summed E-state index contributed by atoms with van der Waals surface area (Å²) in [5.74, 6) is -0.721. The molecular formula is C43H46F3N7O4. The first-order valence-corrected chi connectivity index (χ1v) is 18.8. The smallest absolute Gasteiger partial charge is 0.372 e. The summed E-state index contributed by atoms with van der Waals surface area (Å²) < 4.78 is 45.8. The van der Waals surface area contributed by atoms with Gasteiger partial charge in [0.1, 0.15) is 17.1 Å². The van der Waals surface area contributed by atoms with E-state index in [1.165, 1.54) is 29.2 Å². The molecule has 1 saturated heterocycles. The topological polar surface area (TPSA) is 115 Å². The number of hydrogen-bond donors (Lipinski definition) is 1. The lowest BCUT2D eigenvalue weighted by Crippen LogP contribution is -2.51. The second-order valence-electron chi connectivity index (χ2n) is 14.1. The number of hydrogen-bond acceptors (Lipinski definition) is 7. The van der Waals surface area contributed by atoms with Gasteiger partial charge in [-0.05, 0) is 71.7 Å². The van der Waals surface area contributed by atoms with Gasteiger partial charge in [0, 0.05) is 71.4 Å². The number of halogens is 3. The van der Waals surface area contributed by atoms with Crippen molar-refractivity contribution in [2.24, 2.45) is 0 Å². The molecule has 0 saturated carbocycles. The molecule has 2 heterocycles. The van der Waals surface area contributed by atoms with Crippen molar-refractivity contribution in [2.75, 3.05) is 51.3 Å². The van der Waals surface area contributed by atoms with Crippen LogP contribution in [0.4, 0.5) is 18.9 Å². The predicted octanol–water partition coefficient (Wildman–Crippen LogP) is 6.53. The van der Waals surface area contributed by atoms with Crippen LogP contribution in [0.1, 0.15) is 47.8 Å². The molecule has 298 valence electrons. The number of aromatic amines is 1. The van der Waals surface area contributed by atoms with E-state index in [9.17, 15) is 27.6 Å². The fraction of sp³-hybridized carbons (Fsp3) is 0.326. The van der Waals surface area contributed by atoms with Gasteiger partial charge in [-0.1, -0.05) is 60.7 Å². The number of amides is 3. The van der Waals surface area contributed by atoms with E-state index in [1.807, 2.05) is 84.6 Å². The highest BCUT2D eigenvalue weighted by molar-refractivity contribution is 5.95. The van der Waals surface area contributed by atoms with E-state index < -0.39 is 23.7 Å². The highest BCUT2D eigenvalue weighted by atomic mass is 19.4. The first-order valence-electron chi connectivity index (χ1n) is 18.8. The molecule has 1 unspecified atom stereocenters. The van der Waals surface area contributed by atoms with E-state index >= 15 is 0 Å².